The first-order valence-corrected chi connectivity index (χ1v) is 8.35. The molecule has 0 bridgehead atoms. The van der Waals surface area contributed by atoms with Crippen LogP contribution in [0.4, 0.5) is 0 Å². The summed E-state index contributed by atoms with van der Waals surface area (Å²) in [5.41, 5.74) is 9.72. The summed E-state index contributed by atoms with van der Waals surface area (Å²) in [7, 11) is 0. The van der Waals surface area contributed by atoms with Gasteiger partial charge >= 0.3 is 0 Å². The number of nitrogens with two attached hydrogens (primary N) is 1. The minimum absolute atomic E-state index is 0.102. The molecule has 2 aromatic rings. The van der Waals surface area contributed by atoms with Gasteiger partial charge in [0, 0.05) is 41.2 Å². The summed E-state index contributed by atoms with van der Waals surface area (Å²) < 4.78 is 2.10. The van der Waals surface area contributed by atoms with Crippen LogP contribution in [0.25, 0.3) is 5.69 Å². The van der Waals surface area contributed by atoms with E-state index in [2.05, 4.69) is 4.57 Å². The van der Waals surface area contributed by atoms with E-state index in [1.165, 1.54) is 0 Å². The van der Waals surface area contributed by atoms with Crippen LogP contribution in [-0.4, -0.2) is 34.5 Å². The Morgan fingerprint density at radius 2 is 1.78 bits per heavy atom. The fraction of sp³-hybridized carbons (Fsp3) is 0.389. The standard InChI is InChI=1S/C18H22ClN3O/c1-12-11-17(18(23)21-9-7-15(20)8-10-21)13(2)22(12)16-5-3-14(19)4-6-16/h3-6,11,15H,7-10,20H2,1-2H3. The molecule has 1 aromatic heterocycles. The minimum Gasteiger partial charge on any atom is -0.338 e. The molecule has 2 N–H and O–H groups in total. The van der Waals surface area contributed by atoms with E-state index in [-0.39, 0.29) is 11.9 Å². The normalized spacial score (nSPS) is 15.9. The van der Waals surface area contributed by atoms with E-state index < -0.39 is 0 Å². The number of hydrogen-bond acceptors (Lipinski definition) is 2. The SMILES string of the molecule is Cc1cc(C(=O)N2CCC(N)CC2)c(C)n1-c1ccc(Cl)cc1. The Labute approximate surface area is 141 Å². The average Bonchev–Trinajstić information content (AvgIpc) is 2.83. The molecular formula is C18H22ClN3O. The van der Waals surface area contributed by atoms with Gasteiger partial charge in [-0.15, -0.1) is 0 Å². The molecule has 4 nitrogen and oxygen atoms in total. The van der Waals surface area contributed by atoms with Crippen molar-refractivity contribution in [3.05, 3.63) is 52.3 Å². The van der Waals surface area contributed by atoms with Crippen LogP contribution in [0.15, 0.2) is 30.3 Å². The van der Waals surface area contributed by atoms with Gasteiger partial charge in [0.1, 0.15) is 0 Å². The number of hydrogen-bond donors (Lipinski definition) is 1. The molecule has 23 heavy (non-hydrogen) atoms. The lowest BCUT2D eigenvalue weighted by Crippen LogP contribution is -2.42. The fourth-order valence-electron chi connectivity index (χ4n) is 3.24. The van der Waals surface area contributed by atoms with Crippen molar-refractivity contribution in [2.24, 2.45) is 5.73 Å². The van der Waals surface area contributed by atoms with Gasteiger partial charge in [-0.05, 0) is 57.0 Å². The summed E-state index contributed by atoms with van der Waals surface area (Å²) in [6, 6.07) is 9.86. The third-order valence-corrected chi connectivity index (χ3v) is 4.83. The van der Waals surface area contributed by atoms with Crippen molar-refractivity contribution in [3.63, 3.8) is 0 Å². The first kappa shape index (κ1) is 16.1. The second-order valence-electron chi connectivity index (χ2n) is 6.23. The first-order chi connectivity index (χ1) is 11.0. The lowest BCUT2D eigenvalue weighted by Gasteiger charge is -2.30. The molecule has 0 atom stereocenters. The molecule has 1 amide bonds. The summed E-state index contributed by atoms with van der Waals surface area (Å²) in [5.74, 6) is 0.102. The predicted octanol–water partition coefficient (Wildman–Crippen LogP) is 3.31. The quantitative estimate of drug-likeness (QED) is 0.917. The number of piperidine rings is 1. The molecule has 3 rings (SSSR count). The summed E-state index contributed by atoms with van der Waals surface area (Å²) in [6.07, 6.45) is 1.75. The summed E-state index contributed by atoms with van der Waals surface area (Å²) in [6.45, 7) is 5.49. The second kappa shape index (κ2) is 6.38. The zero-order valence-electron chi connectivity index (χ0n) is 13.6. The first-order valence-electron chi connectivity index (χ1n) is 7.97. The third kappa shape index (κ3) is 3.14. The van der Waals surface area contributed by atoms with Crippen LogP contribution < -0.4 is 5.73 Å². The number of benzene rings is 1. The molecule has 5 heteroatoms. The molecule has 1 saturated heterocycles. The van der Waals surface area contributed by atoms with E-state index in [1.807, 2.05) is 49.1 Å². The molecule has 1 fully saturated rings. The van der Waals surface area contributed by atoms with Crippen LogP contribution in [0.1, 0.15) is 34.6 Å². The minimum atomic E-state index is 0.102. The Hall–Kier alpha value is -1.78. The fourth-order valence-corrected chi connectivity index (χ4v) is 3.37. The van der Waals surface area contributed by atoms with Crippen molar-refractivity contribution in [3.8, 4) is 5.69 Å². The van der Waals surface area contributed by atoms with Gasteiger partial charge in [-0.2, -0.15) is 0 Å². The number of aromatic nitrogens is 1. The predicted molar refractivity (Wildman–Crippen MR) is 93.4 cm³/mol. The van der Waals surface area contributed by atoms with E-state index in [0.29, 0.717) is 5.02 Å². The summed E-state index contributed by atoms with van der Waals surface area (Å²) in [4.78, 5) is 14.7. The van der Waals surface area contributed by atoms with Gasteiger partial charge in [-0.25, -0.2) is 0 Å². The summed E-state index contributed by atoms with van der Waals surface area (Å²) >= 11 is 5.97. The van der Waals surface area contributed by atoms with Crippen LogP contribution in [0.3, 0.4) is 0 Å². The Kier molecular flexibility index (Phi) is 4.46. The van der Waals surface area contributed by atoms with Crippen LogP contribution in [0.2, 0.25) is 5.02 Å². The number of carbonyl (C=O) groups is 1. The number of likely N-dealkylation sites (tertiary alicyclic amines) is 1. The monoisotopic (exact) mass is 331 g/mol. The highest BCUT2D eigenvalue weighted by Crippen LogP contribution is 2.24. The van der Waals surface area contributed by atoms with Crippen molar-refractivity contribution >= 4 is 17.5 Å². The number of nitrogens with zero attached hydrogens (tertiary/aromatic N) is 2. The van der Waals surface area contributed by atoms with Gasteiger partial charge in [0.25, 0.3) is 5.91 Å². The number of halogens is 1. The summed E-state index contributed by atoms with van der Waals surface area (Å²) in [5, 5.41) is 0.706. The van der Waals surface area contributed by atoms with E-state index in [9.17, 15) is 4.79 Å². The molecule has 0 aliphatic carbocycles. The second-order valence-corrected chi connectivity index (χ2v) is 6.66. The van der Waals surface area contributed by atoms with Gasteiger partial charge in [0.2, 0.25) is 0 Å². The van der Waals surface area contributed by atoms with Crippen LogP contribution >= 0.6 is 11.6 Å². The molecule has 2 heterocycles. The van der Waals surface area contributed by atoms with Gasteiger partial charge in [0.05, 0.1) is 5.56 Å². The maximum Gasteiger partial charge on any atom is 0.255 e. The molecule has 1 aliphatic heterocycles. The van der Waals surface area contributed by atoms with Crippen molar-refractivity contribution in [2.75, 3.05) is 13.1 Å². The Balaban J connectivity index is 1.91. The molecule has 0 spiro atoms. The Morgan fingerprint density at radius 1 is 1.17 bits per heavy atom. The van der Waals surface area contributed by atoms with Crippen molar-refractivity contribution in [2.45, 2.75) is 32.7 Å². The number of rotatable bonds is 2. The zero-order valence-corrected chi connectivity index (χ0v) is 14.3. The van der Waals surface area contributed by atoms with Gasteiger partial charge in [0.15, 0.2) is 0 Å². The van der Waals surface area contributed by atoms with Gasteiger partial charge in [-0.3, -0.25) is 4.79 Å². The smallest absolute Gasteiger partial charge is 0.255 e. The largest absolute Gasteiger partial charge is 0.338 e. The topological polar surface area (TPSA) is 51.3 Å². The highest BCUT2D eigenvalue weighted by Gasteiger charge is 2.25. The molecular weight excluding hydrogens is 310 g/mol. The Bertz CT molecular complexity index is 713. The third-order valence-electron chi connectivity index (χ3n) is 4.57. The van der Waals surface area contributed by atoms with Crippen LogP contribution in [0, 0.1) is 13.8 Å². The van der Waals surface area contributed by atoms with Crippen LogP contribution in [0.5, 0.6) is 0 Å². The maximum atomic E-state index is 12.8. The van der Waals surface area contributed by atoms with E-state index >= 15 is 0 Å². The van der Waals surface area contributed by atoms with Gasteiger partial charge in [-0.1, -0.05) is 11.6 Å². The van der Waals surface area contributed by atoms with Crippen molar-refractivity contribution in [1.29, 1.82) is 0 Å². The Morgan fingerprint density at radius 3 is 2.39 bits per heavy atom. The molecule has 0 radical (unpaired) electrons. The van der Waals surface area contributed by atoms with Crippen LogP contribution in [-0.2, 0) is 0 Å². The number of carbonyl (C=O) groups excluding carboxylic acids is 1. The molecule has 122 valence electrons. The van der Waals surface area contributed by atoms with Crippen molar-refractivity contribution in [1.82, 2.24) is 9.47 Å². The van der Waals surface area contributed by atoms with Crippen molar-refractivity contribution < 1.29 is 4.79 Å². The maximum absolute atomic E-state index is 12.8. The van der Waals surface area contributed by atoms with E-state index in [1.54, 1.807) is 0 Å². The molecule has 0 unspecified atom stereocenters. The number of aryl methyl sites for hydroxylation is 1. The number of amides is 1. The highest BCUT2D eigenvalue weighted by atomic mass is 35.5. The highest BCUT2D eigenvalue weighted by molar-refractivity contribution is 6.30. The van der Waals surface area contributed by atoms with E-state index in [4.69, 9.17) is 17.3 Å². The van der Waals surface area contributed by atoms with Gasteiger partial charge < -0.3 is 15.2 Å². The van der Waals surface area contributed by atoms with E-state index in [0.717, 1.165) is 48.6 Å². The zero-order chi connectivity index (χ0) is 16.6. The lowest BCUT2D eigenvalue weighted by molar-refractivity contribution is 0.0714. The molecule has 1 aromatic carbocycles. The lowest BCUT2D eigenvalue weighted by atomic mass is 10.1. The average molecular weight is 332 g/mol. The molecule has 0 saturated carbocycles. The molecule has 1 aliphatic rings.